The Hall–Kier alpha value is -1.34. The highest BCUT2D eigenvalue weighted by Crippen LogP contribution is 2.32. The summed E-state index contributed by atoms with van der Waals surface area (Å²) in [5.41, 5.74) is 0. The number of carbonyl (C=O) groups excluding carboxylic acids is 1. The number of hydrogen-bond acceptors (Lipinski definition) is 4. The molecule has 1 amide bonds. The van der Waals surface area contributed by atoms with Gasteiger partial charge in [0.15, 0.2) is 16.4 Å². The Labute approximate surface area is 139 Å². The summed E-state index contributed by atoms with van der Waals surface area (Å²) in [5, 5.41) is -0.0733. The molecule has 1 aromatic rings. The van der Waals surface area contributed by atoms with Crippen molar-refractivity contribution in [2.45, 2.75) is 31.3 Å². The number of sulfone groups is 1. The molecule has 0 N–H and O–H groups in total. The topological polar surface area (TPSA) is 63.7 Å². The second-order valence-electron chi connectivity index (χ2n) is 5.95. The van der Waals surface area contributed by atoms with Gasteiger partial charge in [0, 0.05) is 18.2 Å². The Morgan fingerprint density at radius 3 is 2.61 bits per heavy atom. The fourth-order valence-corrected chi connectivity index (χ4v) is 4.72. The Kier molecular flexibility index (Phi) is 4.51. The average molecular weight is 362 g/mol. The standard InChI is InChI=1S/C15H17ClFNO4S/c16-13-7-12(3-4-14(13)17)22-8-15(19)18(10-1-2-10)11-5-6-23(20,21)9-11/h3-4,7,10-11H,1-2,5-6,8-9H2/t11-/m1/s1. The molecule has 1 saturated heterocycles. The number of amides is 1. The second-order valence-corrected chi connectivity index (χ2v) is 8.59. The summed E-state index contributed by atoms with van der Waals surface area (Å²) >= 11 is 5.67. The van der Waals surface area contributed by atoms with E-state index in [1.165, 1.54) is 18.2 Å². The van der Waals surface area contributed by atoms with Crippen molar-refractivity contribution in [1.82, 2.24) is 4.90 Å². The third-order valence-electron chi connectivity index (χ3n) is 4.08. The van der Waals surface area contributed by atoms with E-state index in [0.29, 0.717) is 12.2 Å². The van der Waals surface area contributed by atoms with E-state index >= 15 is 0 Å². The van der Waals surface area contributed by atoms with Crippen molar-refractivity contribution in [3.8, 4) is 5.75 Å². The predicted octanol–water partition coefficient (Wildman–Crippen LogP) is 2.04. The van der Waals surface area contributed by atoms with E-state index in [9.17, 15) is 17.6 Å². The van der Waals surface area contributed by atoms with E-state index in [-0.39, 0.29) is 41.1 Å². The first kappa shape index (κ1) is 16.5. The molecule has 1 aromatic carbocycles. The van der Waals surface area contributed by atoms with Crippen LogP contribution in [0.15, 0.2) is 18.2 Å². The molecular formula is C15H17ClFNO4S. The highest BCUT2D eigenvalue weighted by atomic mass is 35.5. The lowest BCUT2D eigenvalue weighted by atomic mass is 10.2. The SMILES string of the molecule is O=C(COc1ccc(F)c(Cl)c1)N(C1CC1)[C@@H]1CCS(=O)(=O)C1. The van der Waals surface area contributed by atoms with Crippen LogP contribution in [-0.2, 0) is 14.6 Å². The molecule has 0 bridgehead atoms. The van der Waals surface area contributed by atoms with Gasteiger partial charge in [-0.1, -0.05) is 11.6 Å². The Bertz CT molecular complexity index is 720. The molecule has 23 heavy (non-hydrogen) atoms. The van der Waals surface area contributed by atoms with Gasteiger partial charge in [-0.2, -0.15) is 0 Å². The minimum Gasteiger partial charge on any atom is -0.484 e. The van der Waals surface area contributed by atoms with Crippen LogP contribution >= 0.6 is 11.6 Å². The van der Waals surface area contributed by atoms with Gasteiger partial charge in [0.2, 0.25) is 0 Å². The summed E-state index contributed by atoms with van der Waals surface area (Å²) in [4.78, 5) is 14.1. The van der Waals surface area contributed by atoms with Gasteiger partial charge in [-0.15, -0.1) is 0 Å². The summed E-state index contributed by atoms with van der Waals surface area (Å²) < 4.78 is 41.8. The third-order valence-corrected chi connectivity index (χ3v) is 6.12. The largest absolute Gasteiger partial charge is 0.484 e. The van der Waals surface area contributed by atoms with Gasteiger partial charge in [-0.05, 0) is 31.4 Å². The van der Waals surface area contributed by atoms with Crippen molar-refractivity contribution in [2.75, 3.05) is 18.1 Å². The molecule has 0 unspecified atom stereocenters. The molecule has 3 rings (SSSR count). The minimum absolute atomic E-state index is 0.0254. The number of rotatable bonds is 5. The number of benzene rings is 1. The fraction of sp³-hybridized carbons (Fsp3) is 0.533. The van der Waals surface area contributed by atoms with Crippen LogP contribution in [0.4, 0.5) is 4.39 Å². The molecule has 8 heteroatoms. The van der Waals surface area contributed by atoms with Crippen LogP contribution in [0.3, 0.4) is 0 Å². The Morgan fingerprint density at radius 1 is 1.30 bits per heavy atom. The normalized spacial score (nSPS) is 22.8. The molecule has 1 aliphatic carbocycles. The molecule has 5 nitrogen and oxygen atoms in total. The maximum atomic E-state index is 13.1. The first-order valence-electron chi connectivity index (χ1n) is 7.45. The van der Waals surface area contributed by atoms with Crippen molar-refractivity contribution in [2.24, 2.45) is 0 Å². The van der Waals surface area contributed by atoms with Crippen molar-refractivity contribution in [1.29, 1.82) is 0 Å². The maximum absolute atomic E-state index is 13.1. The molecule has 126 valence electrons. The molecule has 2 aliphatic rings. The van der Waals surface area contributed by atoms with Gasteiger partial charge in [0.05, 0.1) is 16.5 Å². The van der Waals surface area contributed by atoms with Crippen LogP contribution in [0.2, 0.25) is 5.02 Å². The predicted molar refractivity (Wildman–Crippen MR) is 83.8 cm³/mol. The summed E-state index contributed by atoms with van der Waals surface area (Å²) in [7, 11) is -3.05. The lowest BCUT2D eigenvalue weighted by molar-refractivity contribution is -0.135. The molecule has 0 radical (unpaired) electrons. The van der Waals surface area contributed by atoms with Gasteiger partial charge in [0.25, 0.3) is 5.91 Å². The van der Waals surface area contributed by atoms with E-state index in [1.54, 1.807) is 4.90 Å². The molecule has 0 spiro atoms. The van der Waals surface area contributed by atoms with Crippen molar-refractivity contribution in [3.05, 3.63) is 29.0 Å². The number of ether oxygens (including phenoxy) is 1. The summed E-state index contributed by atoms with van der Waals surface area (Å²) in [6.45, 7) is -0.213. The quantitative estimate of drug-likeness (QED) is 0.805. The molecule has 1 heterocycles. The van der Waals surface area contributed by atoms with Crippen LogP contribution in [0, 0.1) is 5.82 Å². The number of halogens is 2. The van der Waals surface area contributed by atoms with Gasteiger partial charge in [0.1, 0.15) is 11.6 Å². The van der Waals surface area contributed by atoms with E-state index in [0.717, 1.165) is 12.8 Å². The highest BCUT2D eigenvalue weighted by molar-refractivity contribution is 7.91. The number of nitrogens with zero attached hydrogens (tertiary/aromatic N) is 1. The molecule has 2 fully saturated rings. The van der Waals surface area contributed by atoms with E-state index < -0.39 is 15.7 Å². The zero-order valence-corrected chi connectivity index (χ0v) is 13.9. The molecular weight excluding hydrogens is 345 g/mol. The third kappa shape index (κ3) is 3.95. The van der Waals surface area contributed by atoms with Gasteiger partial charge < -0.3 is 9.64 Å². The van der Waals surface area contributed by atoms with Crippen LogP contribution in [0.5, 0.6) is 5.75 Å². The van der Waals surface area contributed by atoms with Crippen molar-refractivity contribution < 1.29 is 22.3 Å². The summed E-state index contributed by atoms with van der Waals surface area (Å²) in [6.07, 6.45) is 2.27. The van der Waals surface area contributed by atoms with Gasteiger partial charge in [-0.3, -0.25) is 4.79 Å². The lowest BCUT2D eigenvalue weighted by Gasteiger charge is -2.28. The average Bonchev–Trinajstić information content (AvgIpc) is 3.24. The first-order valence-corrected chi connectivity index (χ1v) is 9.65. The van der Waals surface area contributed by atoms with Crippen LogP contribution in [0.1, 0.15) is 19.3 Å². The van der Waals surface area contributed by atoms with E-state index in [1.807, 2.05) is 0 Å². The monoisotopic (exact) mass is 361 g/mol. The molecule has 1 aliphatic heterocycles. The zero-order valence-electron chi connectivity index (χ0n) is 12.4. The number of carbonyl (C=O) groups is 1. The molecule has 1 atom stereocenters. The smallest absolute Gasteiger partial charge is 0.261 e. The number of hydrogen-bond donors (Lipinski definition) is 0. The zero-order chi connectivity index (χ0) is 16.6. The minimum atomic E-state index is -3.05. The lowest BCUT2D eigenvalue weighted by Crippen LogP contribution is -2.45. The van der Waals surface area contributed by atoms with Crippen LogP contribution in [0.25, 0.3) is 0 Å². The van der Waals surface area contributed by atoms with Crippen LogP contribution < -0.4 is 4.74 Å². The Balaban J connectivity index is 1.64. The van der Waals surface area contributed by atoms with Gasteiger partial charge >= 0.3 is 0 Å². The second kappa shape index (κ2) is 6.28. The first-order chi connectivity index (χ1) is 10.9. The van der Waals surface area contributed by atoms with Crippen molar-refractivity contribution >= 4 is 27.3 Å². The van der Waals surface area contributed by atoms with E-state index in [2.05, 4.69) is 0 Å². The molecule has 1 saturated carbocycles. The fourth-order valence-electron chi connectivity index (χ4n) is 2.84. The molecule has 0 aromatic heterocycles. The summed E-state index contributed by atoms with van der Waals surface area (Å²) in [6, 6.07) is 3.73. The van der Waals surface area contributed by atoms with E-state index in [4.69, 9.17) is 16.3 Å². The summed E-state index contributed by atoms with van der Waals surface area (Å²) in [5.74, 6) is -0.337. The van der Waals surface area contributed by atoms with Crippen LogP contribution in [-0.4, -0.2) is 49.4 Å². The van der Waals surface area contributed by atoms with Gasteiger partial charge in [-0.25, -0.2) is 12.8 Å². The highest BCUT2D eigenvalue weighted by Gasteiger charge is 2.42. The maximum Gasteiger partial charge on any atom is 0.261 e. The Morgan fingerprint density at radius 2 is 2.04 bits per heavy atom. The van der Waals surface area contributed by atoms with Crippen molar-refractivity contribution in [3.63, 3.8) is 0 Å².